The van der Waals surface area contributed by atoms with E-state index in [1.165, 1.54) is 29.8 Å². The van der Waals surface area contributed by atoms with Crippen molar-refractivity contribution in [2.45, 2.75) is 18.6 Å². The van der Waals surface area contributed by atoms with Crippen LogP contribution < -0.4 is 5.32 Å². The summed E-state index contributed by atoms with van der Waals surface area (Å²) < 4.78 is 39.9. The SMILES string of the molecule is Cn1ccc(C(=O)NC(C)(CO)c2cccc(C(F)(F)F)c2)n1. The average molecular weight is 327 g/mol. The van der Waals surface area contributed by atoms with Gasteiger partial charge in [-0.05, 0) is 30.7 Å². The van der Waals surface area contributed by atoms with Gasteiger partial charge >= 0.3 is 6.18 Å². The number of carbonyl (C=O) groups is 1. The Morgan fingerprint density at radius 1 is 1.30 bits per heavy atom. The quantitative estimate of drug-likeness (QED) is 0.903. The summed E-state index contributed by atoms with van der Waals surface area (Å²) in [5, 5.41) is 16.1. The number of rotatable bonds is 4. The summed E-state index contributed by atoms with van der Waals surface area (Å²) in [6.45, 7) is 0.885. The van der Waals surface area contributed by atoms with Crippen molar-refractivity contribution < 1.29 is 23.1 Å². The van der Waals surface area contributed by atoms with Gasteiger partial charge in [0.1, 0.15) is 5.69 Å². The molecule has 1 heterocycles. The smallest absolute Gasteiger partial charge is 0.394 e. The maximum absolute atomic E-state index is 12.8. The molecule has 2 rings (SSSR count). The molecule has 5 nitrogen and oxygen atoms in total. The number of aromatic nitrogens is 2. The van der Waals surface area contributed by atoms with Gasteiger partial charge in [0.05, 0.1) is 17.7 Å². The van der Waals surface area contributed by atoms with E-state index in [2.05, 4.69) is 10.4 Å². The maximum Gasteiger partial charge on any atom is 0.416 e. The van der Waals surface area contributed by atoms with Crippen LogP contribution in [0.1, 0.15) is 28.5 Å². The Bertz CT molecular complexity index is 712. The third-order valence-corrected chi connectivity index (χ3v) is 3.48. The molecule has 23 heavy (non-hydrogen) atoms. The van der Waals surface area contributed by atoms with Crippen LogP contribution in [0.4, 0.5) is 13.2 Å². The Morgan fingerprint density at radius 3 is 2.48 bits per heavy atom. The lowest BCUT2D eigenvalue weighted by molar-refractivity contribution is -0.137. The van der Waals surface area contributed by atoms with Gasteiger partial charge in [0.2, 0.25) is 0 Å². The second-order valence-corrected chi connectivity index (χ2v) is 5.40. The van der Waals surface area contributed by atoms with Crippen LogP contribution >= 0.6 is 0 Å². The molecule has 124 valence electrons. The van der Waals surface area contributed by atoms with Crippen LogP contribution in [-0.2, 0) is 18.8 Å². The lowest BCUT2D eigenvalue weighted by atomic mass is 9.91. The zero-order chi connectivity index (χ0) is 17.3. The molecule has 1 atom stereocenters. The summed E-state index contributed by atoms with van der Waals surface area (Å²) in [5.41, 5.74) is -1.95. The van der Waals surface area contributed by atoms with E-state index in [0.717, 1.165) is 12.1 Å². The minimum atomic E-state index is -4.50. The highest BCUT2D eigenvalue weighted by Crippen LogP contribution is 2.32. The van der Waals surface area contributed by atoms with Gasteiger partial charge < -0.3 is 10.4 Å². The Labute approximate surface area is 130 Å². The first-order chi connectivity index (χ1) is 10.7. The molecule has 2 aromatic rings. The summed E-state index contributed by atoms with van der Waals surface area (Å²) in [6, 6.07) is 5.97. The van der Waals surface area contributed by atoms with E-state index in [0.29, 0.717) is 0 Å². The molecule has 8 heteroatoms. The van der Waals surface area contributed by atoms with Crippen LogP contribution in [0.15, 0.2) is 36.5 Å². The molecule has 0 aliphatic rings. The van der Waals surface area contributed by atoms with Crippen molar-refractivity contribution in [2.75, 3.05) is 6.61 Å². The Kier molecular flexibility index (Phi) is 4.46. The lowest BCUT2D eigenvalue weighted by Crippen LogP contribution is -2.46. The molecule has 0 saturated carbocycles. The number of nitrogens with one attached hydrogen (secondary N) is 1. The van der Waals surface area contributed by atoms with Gasteiger partial charge in [-0.15, -0.1) is 0 Å². The Hall–Kier alpha value is -2.35. The fourth-order valence-electron chi connectivity index (χ4n) is 2.09. The number of hydrogen-bond acceptors (Lipinski definition) is 3. The number of aryl methyl sites for hydroxylation is 1. The van der Waals surface area contributed by atoms with Crippen LogP contribution in [0.25, 0.3) is 0 Å². The van der Waals surface area contributed by atoms with Crippen molar-refractivity contribution in [2.24, 2.45) is 7.05 Å². The molecule has 0 aliphatic carbocycles. The molecule has 0 aliphatic heterocycles. The molecular weight excluding hydrogens is 311 g/mol. The highest BCUT2D eigenvalue weighted by Gasteiger charge is 2.34. The summed E-state index contributed by atoms with van der Waals surface area (Å²) in [5.74, 6) is -0.584. The van der Waals surface area contributed by atoms with E-state index in [4.69, 9.17) is 0 Å². The van der Waals surface area contributed by atoms with E-state index in [1.54, 1.807) is 13.2 Å². The van der Waals surface area contributed by atoms with Gasteiger partial charge in [0.15, 0.2) is 0 Å². The third kappa shape index (κ3) is 3.70. The van der Waals surface area contributed by atoms with Gasteiger partial charge in [-0.2, -0.15) is 18.3 Å². The van der Waals surface area contributed by atoms with Gasteiger partial charge in [-0.1, -0.05) is 12.1 Å². The monoisotopic (exact) mass is 327 g/mol. The first kappa shape index (κ1) is 17.0. The van der Waals surface area contributed by atoms with E-state index in [9.17, 15) is 23.1 Å². The number of carbonyl (C=O) groups excluding carboxylic acids is 1. The van der Waals surface area contributed by atoms with Crippen molar-refractivity contribution in [3.05, 3.63) is 53.3 Å². The minimum absolute atomic E-state index is 0.110. The number of benzene rings is 1. The first-order valence-corrected chi connectivity index (χ1v) is 6.76. The van der Waals surface area contributed by atoms with Crippen molar-refractivity contribution in [3.8, 4) is 0 Å². The van der Waals surface area contributed by atoms with Crippen LogP contribution in [0.2, 0.25) is 0 Å². The van der Waals surface area contributed by atoms with Crippen molar-refractivity contribution in [1.29, 1.82) is 0 Å². The van der Waals surface area contributed by atoms with Crippen molar-refractivity contribution >= 4 is 5.91 Å². The highest BCUT2D eigenvalue weighted by atomic mass is 19.4. The zero-order valence-electron chi connectivity index (χ0n) is 12.6. The van der Waals surface area contributed by atoms with Gasteiger partial charge in [0, 0.05) is 13.2 Å². The largest absolute Gasteiger partial charge is 0.416 e. The van der Waals surface area contributed by atoms with Crippen molar-refractivity contribution in [3.63, 3.8) is 0 Å². The fraction of sp³-hybridized carbons (Fsp3) is 0.333. The van der Waals surface area contributed by atoms with E-state index >= 15 is 0 Å². The maximum atomic E-state index is 12.8. The molecule has 1 aromatic carbocycles. The van der Waals surface area contributed by atoms with E-state index in [-0.39, 0.29) is 11.3 Å². The summed E-state index contributed by atoms with van der Waals surface area (Å²) in [4.78, 5) is 12.2. The van der Waals surface area contributed by atoms with Crippen LogP contribution in [0.5, 0.6) is 0 Å². The number of aliphatic hydroxyl groups is 1. The molecule has 1 unspecified atom stereocenters. The molecule has 1 amide bonds. The number of hydrogen-bond donors (Lipinski definition) is 2. The molecule has 0 spiro atoms. The molecule has 0 bridgehead atoms. The standard InChI is InChI=1S/C15H16F3N3O2/c1-14(9-22,19-13(23)12-6-7-21(2)20-12)10-4-3-5-11(8-10)15(16,17)18/h3-8,22H,9H2,1-2H3,(H,19,23). The summed E-state index contributed by atoms with van der Waals surface area (Å²) in [6.07, 6.45) is -2.94. The number of aliphatic hydroxyl groups excluding tert-OH is 1. The predicted octanol–water partition coefficient (Wildman–Crippen LogP) is 2.08. The Morgan fingerprint density at radius 2 is 1.96 bits per heavy atom. The molecule has 2 N–H and O–H groups in total. The average Bonchev–Trinajstić information content (AvgIpc) is 2.93. The van der Waals surface area contributed by atoms with Gasteiger partial charge in [0.25, 0.3) is 5.91 Å². The first-order valence-electron chi connectivity index (χ1n) is 6.76. The second kappa shape index (κ2) is 6.04. The highest BCUT2D eigenvalue weighted by molar-refractivity contribution is 5.92. The molecule has 0 radical (unpaired) electrons. The molecule has 0 fully saturated rings. The van der Waals surface area contributed by atoms with Crippen LogP contribution in [0.3, 0.4) is 0 Å². The number of nitrogens with zero attached hydrogens (tertiary/aromatic N) is 2. The minimum Gasteiger partial charge on any atom is -0.394 e. The second-order valence-electron chi connectivity index (χ2n) is 5.40. The summed E-state index contributed by atoms with van der Waals surface area (Å²) in [7, 11) is 1.63. The van der Waals surface area contributed by atoms with E-state index in [1.807, 2.05) is 0 Å². The fourth-order valence-corrected chi connectivity index (χ4v) is 2.09. The van der Waals surface area contributed by atoms with Crippen molar-refractivity contribution in [1.82, 2.24) is 15.1 Å². The predicted molar refractivity (Wildman–Crippen MR) is 76.6 cm³/mol. The van der Waals surface area contributed by atoms with Gasteiger partial charge in [-0.3, -0.25) is 9.48 Å². The molecular formula is C15H16F3N3O2. The lowest BCUT2D eigenvalue weighted by Gasteiger charge is -2.29. The van der Waals surface area contributed by atoms with Gasteiger partial charge in [-0.25, -0.2) is 0 Å². The summed E-state index contributed by atoms with van der Waals surface area (Å²) >= 11 is 0. The molecule has 0 saturated heterocycles. The Balaban J connectivity index is 2.31. The zero-order valence-corrected chi connectivity index (χ0v) is 12.6. The number of amides is 1. The normalized spacial score (nSPS) is 14.3. The van der Waals surface area contributed by atoms with Crippen LogP contribution in [-0.4, -0.2) is 27.4 Å². The molecule has 1 aromatic heterocycles. The van der Waals surface area contributed by atoms with Crippen LogP contribution in [0, 0.1) is 0 Å². The number of alkyl halides is 3. The topological polar surface area (TPSA) is 67.2 Å². The van der Waals surface area contributed by atoms with E-state index < -0.39 is 29.8 Å². The third-order valence-electron chi connectivity index (χ3n) is 3.48. The number of halogens is 3.